The van der Waals surface area contributed by atoms with Crippen LogP contribution in [-0.4, -0.2) is 23.2 Å². The smallest absolute Gasteiger partial charge is 0.159 e. The van der Waals surface area contributed by atoms with Crippen LogP contribution in [0.4, 0.5) is 0 Å². The number of hydrogen-bond acceptors (Lipinski definition) is 3. The fourth-order valence-electron chi connectivity index (χ4n) is 3.48. The highest BCUT2D eigenvalue weighted by Crippen LogP contribution is 2.36. The van der Waals surface area contributed by atoms with E-state index in [-0.39, 0.29) is 0 Å². The average molecular weight is 345 g/mol. The minimum atomic E-state index is 0.604. The summed E-state index contributed by atoms with van der Waals surface area (Å²) in [5.74, 6) is 2.19. The third kappa shape index (κ3) is 4.55. The summed E-state index contributed by atoms with van der Waals surface area (Å²) in [5.41, 5.74) is 2.28. The predicted octanol–water partition coefficient (Wildman–Crippen LogP) is 5.50. The Kier molecular flexibility index (Phi) is 6.22. The molecule has 3 rings (SSSR count). The Hall–Kier alpha value is -1.45. The van der Waals surface area contributed by atoms with E-state index in [0.717, 1.165) is 35.5 Å². The molecule has 0 unspecified atom stereocenters. The molecule has 0 saturated heterocycles. The molecule has 0 N–H and O–H groups in total. The standard InChI is InChI=1S/C20H25ClN2O/c1-2-24-12-11-15-3-5-16(6-4-15)18-13-22-20(23-14-18)17-7-9-19(21)10-8-17/h7-10,13-16H,2-6,11-12H2,1H3. The van der Waals surface area contributed by atoms with Crippen LogP contribution in [-0.2, 0) is 4.74 Å². The van der Waals surface area contributed by atoms with Gasteiger partial charge in [0, 0.05) is 36.2 Å². The summed E-state index contributed by atoms with van der Waals surface area (Å²) in [4.78, 5) is 9.12. The number of hydrogen-bond donors (Lipinski definition) is 0. The van der Waals surface area contributed by atoms with Crippen LogP contribution < -0.4 is 0 Å². The summed E-state index contributed by atoms with van der Waals surface area (Å²) >= 11 is 5.93. The van der Waals surface area contributed by atoms with Crippen molar-refractivity contribution in [2.24, 2.45) is 5.92 Å². The van der Waals surface area contributed by atoms with Crippen molar-refractivity contribution in [2.45, 2.75) is 44.9 Å². The number of nitrogens with zero attached hydrogens (tertiary/aromatic N) is 2. The first-order valence-corrected chi connectivity index (χ1v) is 9.29. The van der Waals surface area contributed by atoms with Crippen molar-refractivity contribution in [1.82, 2.24) is 9.97 Å². The molecule has 128 valence electrons. The SMILES string of the molecule is CCOCCC1CCC(c2cnc(-c3ccc(Cl)cc3)nc2)CC1. The molecule has 1 heterocycles. The van der Waals surface area contributed by atoms with E-state index in [1.807, 2.05) is 36.7 Å². The van der Waals surface area contributed by atoms with Crippen LogP contribution >= 0.6 is 11.6 Å². The number of rotatable bonds is 6. The summed E-state index contributed by atoms with van der Waals surface area (Å²) < 4.78 is 5.48. The lowest BCUT2D eigenvalue weighted by Gasteiger charge is -2.28. The highest BCUT2D eigenvalue weighted by molar-refractivity contribution is 6.30. The molecule has 1 fully saturated rings. The highest BCUT2D eigenvalue weighted by atomic mass is 35.5. The van der Waals surface area contributed by atoms with Gasteiger partial charge in [-0.05, 0) is 80.7 Å². The molecule has 24 heavy (non-hydrogen) atoms. The molecule has 0 bridgehead atoms. The van der Waals surface area contributed by atoms with Gasteiger partial charge in [0.1, 0.15) is 0 Å². The Bertz CT molecular complexity index is 619. The molecule has 1 aliphatic carbocycles. The van der Waals surface area contributed by atoms with Crippen LogP contribution in [0.2, 0.25) is 5.02 Å². The predicted molar refractivity (Wildman–Crippen MR) is 98.3 cm³/mol. The first-order valence-electron chi connectivity index (χ1n) is 8.92. The molecule has 0 aliphatic heterocycles. The van der Waals surface area contributed by atoms with Crippen LogP contribution in [0.25, 0.3) is 11.4 Å². The molecule has 0 radical (unpaired) electrons. The molecular formula is C20H25ClN2O. The van der Waals surface area contributed by atoms with E-state index in [9.17, 15) is 0 Å². The molecular weight excluding hydrogens is 320 g/mol. The first kappa shape index (κ1) is 17.4. The normalized spacial score (nSPS) is 20.9. The van der Waals surface area contributed by atoms with Gasteiger partial charge in [-0.2, -0.15) is 0 Å². The van der Waals surface area contributed by atoms with Crippen LogP contribution in [0.5, 0.6) is 0 Å². The number of benzene rings is 1. The van der Waals surface area contributed by atoms with Gasteiger partial charge in [-0.25, -0.2) is 9.97 Å². The van der Waals surface area contributed by atoms with E-state index in [0.29, 0.717) is 5.92 Å². The minimum Gasteiger partial charge on any atom is -0.382 e. The van der Waals surface area contributed by atoms with E-state index in [1.54, 1.807) is 0 Å². The van der Waals surface area contributed by atoms with Gasteiger partial charge in [0.2, 0.25) is 0 Å². The summed E-state index contributed by atoms with van der Waals surface area (Å²) in [7, 11) is 0. The maximum absolute atomic E-state index is 5.93. The monoisotopic (exact) mass is 344 g/mol. The largest absolute Gasteiger partial charge is 0.382 e. The second-order valence-corrected chi connectivity index (χ2v) is 6.99. The lowest BCUT2D eigenvalue weighted by atomic mass is 9.78. The van der Waals surface area contributed by atoms with Crippen molar-refractivity contribution in [3.05, 3.63) is 47.2 Å². The van der Waals surface area contributed by atoms with E-state index in [1.165, 1.54) is 37.7 Å². The van der Waals surface area contributed by atoms with E-state index in [2.05, 4.69) is 16.9 Å². The maximum Gasteiger partial charge on any atom is 0.159 e. The molecule has 2 aromatic rings. The van der Waals surface area contributed by atoms with Gasteiger partial charge in [-0.3, -0.25) is 0 Å². The summed E-state index contributed by atoms with van der Waals surface area (Å²) in [6.45, 7) is 3.79. The number of aromatic nitrogens is 2. The second kappa shape index (κ2) is 8.59. The van der Waals surface area contributed by atoms with Gasteiger partial charge in [-0.1, -0.05) is 11.6 Å². The summed E-state index contributed by atoms with van der Waals surface area (Å²) in [5, 5.41) is 0.733. The Morgan fingerprint density at radius 3 is 2.33 bits per heavy atom. The Labute approximate surface area is 149 Å². The Morgan fingerprint density at radius 2 is 1.71 bits per heavy atom. The maximum atomic E-state index is 5.93. The lowest BCUT2D eigenvalue weighted by molar-refractivity contribution is 0.123. The molecule has 0 spiro atoms. The zero-order valence-electron chi connectivity index (χ0n) is 14.2. The molecule has 0 amide bonds. The van der Waals surface area contributed by atoms with Crippen molar-refractivity contribution in [3.63, 3.8) is 0 Å². The third-order valence-corrected chi connectivity index (χ3v) is 5.22. The molecule has 1 aromatic heterocycles. The van der Waals surface area contributed by atoms with E-state index in [4.69, 9.17) is 16.3 Å². The zero-order valence-corrected chi connectivity index (χ0v) is 15.0. The minimum absolute atomic E-state index is 0.604. The number of halogens is 1. The van der Waals surface area contributed by atoms with Gasteiger partial charge in [0.05, 0.1) is 0 Å². The van der Waals surface area contributed by atoms with Gasteiger partial charge < -0.3 is 4.74 Å². The first-order chi connectivity index (χ1) is 11.8. The highest BCUT2D eigenvalue weighted by Gasteiger charge is 2.22. The second-order valence-electron chi connectivity index (χ2n) is 6.55. The zero-order chi connectivity index (χ0) is 16.8. The van der Waals surface area contributed by atoms with Gasteiger partial charge in [-0.15, -0.1) is 0 Å². The van der Waals surface area contributed by atoms with Gasteiger partial charge >= 0.3 is 0 Å². The fraction of sp³-hybridized carbons (Fsp3) is 0.500. The van der Waals surface area contributed by atoms with Crippen molar-refractivity contribution in [2.75, 3.05) is 13.2 Å². The van der Waals surface area contributed by atoms with Crippen molar-refractivity contribution in [3.8, 4) is 11.4 Å². The van der Waals surface area contributed by atoms with Gasteiger partial charge in [0.25, 0.3) is 0 Å². The lowest BCUT2D eigenvalue weighted by Crippen LogP contribution is -2.15. The molecule has 1 saturated carbocycles. The van der Waals surface area contributed by atoms with Crippen LogP contribution in [0.15, 0.2) is 36.7 Å². The van der Waals surface area contributed by atoms with E-state index < -0.39 is 0 Å². The third-order valence-electron chi connectivity index (χ3n) is 4.97. The van der Waals surface area contributed by atoms with Crippen LogP contribution in [0.1, 0.15) is 50.5 Å². The number of ether oxygens (including phenoxy) is 1. The van der Waals surface area contributed by atoms with Gasteiger partial charge in [0.15, 0.2) is 5.82 Å². The molecule has 3 nitrogen and oxygen atoms in total. The quantitative estimate of drug-likeness (QED) is 0.649. The topological polar surface area (TPSA) is 35.0 Å². The van der Waals surface area contributed by atoms with Crippen LogP contribution in [0, 0.1) is 5.92 Å². The summed E-state index contributed by atoms with van der Waals surface area (Å²) in [6, 6.07) is 7.66. The summed E-state index contributed by atoms with van der Waals surface area (Å²) in [6.07, 6.45) is 10.3. The van der Waals surface area contributed by atoms with Crippen molar-refractivity contribution < 1.29 is 4.74 Å². The van der Waals surface area contributed by atoms with Crippen LogP contribution in [0.3, 0.4) is 0 Å². The molecule has 4 heteroatoms. The Morgan fingerprint density at radius 1 is 1.04 bits per heavy atom. The van der Waals surface area contributed by atoms with Crippen molar-refractivity contribution in [1.29, 1.82) is 0 Å². The molecule has 0 atom stereocenters. The fourth-order valence-corrected chi connectivity index (χ4v) is 3.60. The van der Waals surface area contributed by atoms with Crippen molar-refractivity contribution >= 4 is 11.6 Å². The molecule has 1 aromatic carbocycles. The average Bonchev–Trinajstić information content (AvgIpc) is 2.63. The Balaban J connectivity index is 1.56. The molecule has 1 aliphatic rings. The van der Waals surface area contributed by atoms with E-state index >= 15 is 0 Å².